The predicted octanol–water partition coefficient (Wildman–Crippen LogP) is 3.46. The van der Waals surface area contributed by atoms with Gasteiger partial charge in [-0.2, -0.15) is 0 Å². The number of nitrogens with zero attached hydrogens (tertiary/aromatic N) is 1. The maximum Gasteiger partial charge on any atom is 0.266 e. The van der Waals surface area contributed by atoms with Crippen LogP contribution in [0.3, 0.4) is 0 Å². The lowest BCUT2D eigenvalue weighted by Crippen LogP contribution is -2.47. The Hall–Kier alpha value is -2.82. The van der Waals surface area contributed by atoms with E-state index in [2.05, 4.69) is 12.2 Å². The number of anilines is 1. The molecule has 1 atom stereocenters. The number of hydrogen-bond donors (Lipinski definition) is 1. The quantitative estimate of drug-likeness (QED) is 0.777. The third kappa shape index (κ3) is 3.87. The Morgan fingerprint density at radius 3 is 2.62 bits per heavy atom. The summed E-state index contributed by atoms with van der Waals surface area (Å²) in [5.41, 5.74) is 1.41. The molecule has 1 N–H and O–H groups in total. The number of fused-ring (bicyclic) bond motifs is 1. The molecule has 1 unspecified atom stereocenters. The van der Waals surface area contributed by atoms with E-state index in [0.29, 0.717) is 18.0 Å². The molecule has 0 saturated heterocycles. The molecule has 1 heterocycles. The van der Waals surface area contributed by atoms with Gasteiger partial charge in [0.2, 0.25) is 5.91 Å². The van der Waals surface area contributed by atoms with Crippen LogP contribution in [0, 0.1) is 0 Å². The summed E-state index contributed by atoms with van der Waals surface area (Å²) in [7, 11) is 0. The van der Waals surface area contributed by atoms with Crippen molar-refractivity contribution in [2.24, 2.45) is 0 Å². The lowest BCUT2D eigenvalue weighted by Gasteiger charge is -2.35. The number of hydrogen-bond acceptors (Lipinski definition) is 3. The molecule has 136 valence electrons. The van der Waals surface area contributed by atoms with E-state index in [0.717, 1.165) is 24.8 Å². The molecule has 0 radical (unpaired) electrons. The van der Waals surface area contributed by atoms with E-state index in [-0.39, 0.29) is 18.4 Å². The maximum atomic E-state index is 13.0. The fourth-order valence-electron chi connectivity index (χ4n) is 3.14. The Balaban J connectivity index is 1.93. The van der Waals surface area contributed by atoms with Gasteiger partial charge in [0, 0.05) is 6.54 Å². The van der Waals surface area contributed by atoms with Gasteiger partial charge in [-0.05, 0) is 24.1 Å². The maximum absolute atomic E-state index is 13.0. The molecule has 1 aliphatic heterocycles. The number of carbonyl (C=O) groups is 2. The van der Waals surface area contributed by atoms with Gasteiger partial charge in [0.05, 0.1) is 5.69 Å². The zero-order valence-corrected chi connectivity index (χ0v) is 15.0. The van der Waals surface area contributed by atoms with Crippen molar-refractivity contribution in [1.82, 2.24) is 5.32 Å². The molecule has 5 nitrogen and oxygen atoms in total. The average molecular weight is 352 g/mol. The van der Waals surface area contributed by atoms with Crippen LogP contribution in [0.5, 0.6) is 5.75 Å². The number of carbonyl (C=O) groups excluding carboxylic acids is 2. The highest BCUT2D eigenvalue weighted by Gasteiger charge is 2.36. The minimum Gasteiger partial charge on any atom is -0.482 e. The average Bonchev–Trinajstić information content (AvgIpc) is 2.68. The Labute approximate surface area is 154 Å². The SMILES string of the molecule is CCCCCNC(=O)C(c1ccccc1)N1C(=O)COc2ccccc21. The molecule has 3 rings (SSSR count). The molecule has 0 aromatic heterocycles. The molecule has 5 heteroatoms. The fourth-order valence-corrected chi connectivity index (χ4v) is 3.14. The van der Waals surface area contributed by atoms with E-state index >= 15 is 0 Å². The van der Waals surface area contributed by atoms with Gasteiger partial charge in [0.1, 0.15) is 11.8 Å². The second-order valence-corrected chi connectivity index (χ2v) is 6.33. The fraction of sp³-hybridized carbons (Fsp3) is 0.333. The van der Waals surface area contributed by atoms with E-state index in [1.165, 1.54) is 0 Å². The van der Waals surface area contributed by atoms with Gasteiger partial charge in [0.15, 0.2) is 6.61 Å². The zero-order chi connectivity index (χ0) is 18.4. The molecule has 2 amide bonds. The summed E-state index contributed by atoms with van der Waals surface area (Å²) >= 11 is 0. The first-order valence-electron chi connectivity index (χ1n) is 9.09. The number of benzene rings is 2. The van der Waals surface area contributed by atoms with Crippen LogP contribution in [0.2, 0.25) is 0 Å². The summed E-state index contributed by atoms with van der Waals surface area (Å²) in [6.45, 7) is 2.66. The third-order valence-corrected chi connectivity index (χ3v) is 4.45. The third-order valence-electron chi connectivity index (χ3n) is 4.45. The van der Waals surface area contributed by atoms with E-state index in [1.54, 1.807) is 4.90 Å². The van der Waals surface area contributed by atoms with Crippen molar-refractivity contribution in [3.05, 3.63) is 60.2 Å². The van der Waals surface area contributed by atoms with Gasteiger partial charge in [-0.15, -0.1) is 0 Å². The number of rotatable bonds is 7. The molecule has 26 heavy (non-hydrogen) atoms. The van der Waals surface area contributed by atoms with Crippen LogP contribution in [0.4, 0.5) is 5.69 Å². The van der Waals surface area contributed by atoms with E-state index < -0.39 is 6.04 Å². The van der Waals surface area contributed by atoms with Crippen molar-refractivity contribution < 1.29 is 14.3 Å². The minimum absolute atomic E-state index is 0.0660. The van der Waals surface area contributed by atoms with Crippen LogP contribution in [0.25, 0.3) is 0 Å². The van der Waals surface area contributed by atoms with E-state index in [9.17, 15) is 9.59 Å². The van der Waals surface area contributed by atoms with Gasteiger partial charge in [0.25, 0.3) is 5.91 Å². The Kier molecular flexibility index (Phi) is 5.89. The van der Waals surface area contributed by atoms with Gasteiger partial charge in [-0.1, -0.05) is 62.2 Å². The largest absolute Gasteiger partial charge is 0.482 e. The number of unbranched alkanes of at least 4 members (excludes halogenated alkanes) is 2. The van der Waals surface area contributed by atoms with Gasteiger partial charge in [-0.25, -0.2) is 0 Å². The molecule has 1 aliphatic rings. The number of nitrogens with one attached hydrogen (secondary N) is 1. The molecule has 0 bridgehead atoms. The van der Waals surface area contributed by atoms with Crippen LogP contribution in [-0.2, 0) is 9.59 Å². The summed E-state index contributed by atoms with van der Waals surface area (Å²) in [5, 5.41) is 2.99. The van der Waals surface area contributed by atoms with Crippen LogP contribution in [-0.4, -0.2) is 25.0 Å². The number of ether oxygens (including phenoxy) is 1. The molecular formula is C21H24N2O3. The first-order chi connectivity index (χ1) is 12.7. The van der Waals surface area contributed by atoms with Gasteiger partial charge < -0.3 is 10.1 Å². The summed E-state index contributed by atoms with van der Waals surface area (Å²) in [5.74, 6) is 0.227. The highest BCUT2D eigenvalue weighted by Crippen LogP contribution is 2.37. The molecule has 0 saturated carbocycles. The first-order valence-corrected chi connectivity index (χ1v) is 9.09. The number of amides is 2. The monoisotopic (exact) mass is 352 g/mol. The molecule has 2 aromatic rings. The molecular weight excluding hydrogens is 328 g/mol. The lowest BCUT2D eigenvalue weighted by atomic mass is 10.0. The Morgan fingerprint density at radius 1 is 1.12 bits per heavy atom. The standard InChI is InChI=1S/C21H24N2O3/c1-2-3-9-14-22-21(25)20(16-10-5-4-6-11-16)23-17-12-7-8-13-18(17)26-15-19(23)24/h4-8,10-13,20H,2-3,9,14-15H2,1H3,(H,22,25). The van der Waals surface area contributed by atoms with Crippen molar-refractivity contribution in [3.8, 4) is 5.75 Å². The normalized spacial score (nSPS) is 14.3. The summed E-state index contributed by atoms with van der Waals surface area (Å²) in [6, 6.07) is 16.0. The van der Waals surface area contributed by atoms with E-state index in [4.69, 9.17) is 4.74 Å². The van der Waals surface area contributed by atoms with Crippen molar-refractivity contribution in [1.29, 1.82) is 0 Å². The van der Waals surface area contributed by atoms with E-state index in [1.807, 2.05) is 54.6 Å². The topological polar surface area (TPSA) is 58.6 Å². The van der Waals surface area contributed by atoms with Crippen LogP contribution < -0.4 is 15.0 Å². The lowest BCUT2D eigenvalue weighted by molar-refractivity contribution is -0.128. The van der Waals surface area contributed by atoms with Crippen molar-refractivity contribution in [3.63, 3.8) is 0 Å². The summed E-state index contributed by atoms with van der Waals surface area (Å²) in [6.07, 6.45) is 3.08. The Bertz CT molecular complexity index is 761. The predicted molar refractivity (Wildman–Crippen MR) is 101 cm³/mol. The van der Waals surface area contributed by atoms with Crippen molar-refractivity contribution in [2.75, 3.05) is 18.1 Å². The summed E-state index contributed by atoms with van der Waals surface area (Å²) in [4.78, 5) is 27.2. The number of para-hydroxylation sites is 2. The first kappa shape index (κ1) is 18.0. The Morgan fingerprint density at radius 2 is 1.85 bits per heavy atom. The smallest absolute Gasteiger partial charge is 0.266 e. The highest BCUT2D eigenvalue weighted by molar-refractivity contribution is 6.04. The molecule has 2 aromatic carbocycles. The minimum atomic E-state index is -0.713. The second-order valence-electron chi connectivity index (χ2n) is 6.33. The molecule has 0 spiro atoms. The zero-order valence-electron chi connectivity index (χ0n) is 15.0. The van der Waals surface area contributed by atoms with Crippen LogP contribution in [0.1, 0.15) is 37.8 Å². The second kappa shape index (κ2) is 8.52. The highest BCUT2D eigenvalue weighted by atomic mass is 16.5. The van der Waals surface area contributed by atoms with Gasteiger partial charge in [-0.3, -0.25) is 14.5 Å². The molecule has 0 fully saturated rings. The van der Waals surface area contributed by atoms with Crippen molar-refractivity contribution in [2.45, 2.75) is 32.2 Å². The summed E-state index contributed by atoms with van der Waals surface area (Å²) < 4.78 is 5.52. The van der Waals surface area contributed by atoms with Crippen LogP contribution in [0.15, 0.2) is 54.6 Å². The van der Waals surface area contributed by atoms with Crippen LogP contribution >= 0.6 is 0 Å². The molecule has 0 aliphatic carbocycles. The van der Waals surface area contributed by atoms with Crippen molar-refractivity contribution >= 4 is 17.5 Å². The van der Waals surface area contributed by atoms with Gasteiger partial charge >= 0.3 is 0 Å².